The third-order valence-corrected chi connectivity index (χ3v) is 7.99. The van der Waals surface area contributed by atoms with Gasteiger partial charge in [0.25, 0.3) is 5.91 Å². The number of aromatic nitrogens is 3. The van der Waals surface area contributed by atoms with Crippen molar-refractivity contribution in [2.45, 2.75) is 44.4 Å². The van der Waals surface area contributed by atoms with Gasteiger partial charge in [0.1, 0.15) is 17.8 Å². The van der Waals surface area contributed by atoms with Crippen LogP contribution in [0.2, 0.25) is 4.34 Å². The monoisotopic (exact) mass is 569 g/mol. The highest BCUT2D eigenvalue weighted by Gasteiger charge is 2.40. The average molecular weight is 570 g/mol. The summed E-state index contributed by atoms with van der Waals surface area (Å²) in [4.78, 5) is 57.0. The Morgan fingerprint density at radius 1 is 1.08 bits per heavy atom. The van der Waals surface area contributed by atoms with Crippen molar-refractivity contribution < 1.29 is 19.2 Å². The second-order valence-electron chi connectivity index (χ2n) is 9.51. The highest BCUT2D eigenvalue weighted by atomic mass is 35.5. The van der Waals surface area contributed by atoms with Crippen LogP contribution < -0.4 is 10.6 Å². The van der Waals surface area contributed by atoms with Crippen LogP contribution in [0.4, 0.5) is 0 Å². The van der Waals surface area contributed by atoms with Crippen molar-refractivity contribution in [3.8, 4) is 0 Å². The Kier molecular flexibility index (Phi) is 8.22. The predicted octanol–water partition coefficient (Wildman–Crippen LogP) is 1.48. The zero-order chi connectivity index (χ0) is 27.4. The molecule has 1 saturated heterocycles. The summed E-state index contributed by atoms with van der Waals surface area (Å²) >= 11 is 7.20. The molecule has 0 aliphatic carbocycles. The Hall–Kier alpha value is -3.77. The van der Waals surface area contributed by atoms with Crippen LogP contribution in [-0.4, -0.2) is 80.1 Å². The highest BCUT2D eigenvalue weighted by molar-refractivity contribution is 7.17. The maximum Gasteiger partial charge on any atom is 0.264 e. The van der Waals surface area contributed by atoms with Gasteiger partial charge in [0, 0.05) is 32.5 Å². The minimum absolute atomic E-state index is 0.00458. The molecule has 1 fully saturated rings. The molecule has 0 radical (unpaired) electrons. The van der Waals surface area contributed by atoms with E-state index in [2.05, 4.69) is 20.9 Å². The zero-order valence-electron chi connectivity index (χ0n) is 21.1. The van der Waals surface area contributed by atoms with Crippen LogP contribution in [0, 0.1) is 0 Å². The third kappa shape index (κ3) is 6.45. The van der Waals surface area contributed by atoms with E-state index in [0.717, 1.165) is 5.56 Å². The molecule has 2 atom stereocenters. The highest BCUT2D eigenvalue weighted by Crippen LogP contribution is 2.24. The largest absolute Gasteiger partial charge is 0.348 e. The first-order chi connectivity index (χ1) is 18.9. The average Bonchev–Trinajstić information content (AvgIpc) is 3.59. The molecule has 13 heteroatoms. The van der Waals surface area contributed by atoms with E-state index in [-0.39, 0.29) is 56.7 Å². The van der Waals surface area contributed by atoms with E-state index < -0.39 is 18.0 Å². The number of piperazine rings is 1. The number of carbonyl (C=O) groups is 4. The lowest BCUT2D eigenvalue weighted by molar-refractivity contribution is -0.146. The number of fused-ring (bicyclic) bond motifs is 3. The number of nitrogens with zero attached hydrogens (tertiary/aromatic N) is 5. The Bertz CT molecular complexity index is 1360. The molecule has 2 bridgehead atoms. The SMILES string of the molecule is O=C1CCCn2cc(nn2)CNC(=O)[C@H]2CN(C(=O)c3ccc(Cl)s3)CCN2C(=O)[C@H](Cc2ccccc2)N1. The van der Waals surface area contributed by atoms with E-state index in [1.54, 1.807) is 27.9 Å². The van der Waals surface area contributed by atoms with Gasteiger partial charge in [0.05, 0.1) is 28.5 Å². The number of nitrogens with one attached hydrogen (secondary N) is 2. The molecule has 3 aromatic rings. The molecular formula is C26H28ClN7O4S. The van der Waals surface area contributed by atoms with Gasteiger partial charge in [-0.3, -0.25) is 23.9 Å². The standard InChI is InChI=1S/C26H28ClN7O4S/c27-22-9-8-21(39-22)26(38)32-11-12-34-20(16-32)24(36)28-14-18-15-33(31-30-18)10-4-7-23(35)29-19(25(34)37)13-17-5-2-1-3-6-17/h1-3,5-6,8-9,15,19-20H,4,7,10-14,16H2,(H,28,36)(H,29,35)/t19-,20+/m0/s1. The molecule has 39 heavy (non-hydrogen) atoms. The lowest BCUT2D eigenvalue weighted by atomic mass is 10.0. The number of carbonyl (C=O) groups excluding carboxylic acids is 4. The van der Waals surface area contributed by atoms with E-state index in [0.29, 0.717) is 27.9 Å². The summed E-state index contributed by atoms with van der Waals surface area (Å²) in [6.45, 7) is 0.981. The Labute approximate surface area is 234 Å². The maximum atomic E-state index is 13.9. The molecule has 1 aromatic carbocycles. The number of amides is 4. The second-order valence-corrected chi connectivity index (χ2v) is 11.2. The van der Waals surface area contributed by atoms with E-state index in [4.69, 9.17) is 11.6 Å². The number of hydrogen-bond acceptors (Lipinski definition) is 7. The lowest BCUT2D eigenvalue weighted by Crippen LogP contribution is -2.64. The van der Waals surface area contributed by atoms with Crippen LogP contribution >= 0.6 is 22.9 Å². The summed E-state index contributed by atoms with van der Waals surface area (Å²) in [5, 5.41) is 13.9. The predicted molar refractivity (Wildman–Crippen MR) is 144 cm³/mol. The first kappa shape index (κ1) is 26.8. The van der Waals surface area contributed by atoms with Crippen molar-refractivity contribution in [2.24, 2.45) is 0 Å². The zero-order valence-corrected chi connectivity index (χ0v) is 22.7. The van der Waals surface area contributed by atoms with Gasteiger partial charge in [-0.25, -0.2) is 0 Å². The first-order valence-electron chi connectivity index (χ1n) is 12.7. The lowest BCUT2D eigenvalue weighted by Gasteiger charge is -2.41. The summed E-state index contributed by atoms with van der Waals surface area (Å²) in [5.41, 5.74) is 1.44. The van der Waals surface area contributed by atoms with Gasteiger partial charge in [-0.15, -0.1) is 16.4 Å². The van der Waals surface area contributed by atoms with Crippen molar-refractivity contribution in [1.82, 2.24) is 35.4 Å². The number of thiophene rings is 1. The summed E-state index contributed by atoms with van der Waals surface area (Å²) in [7, 11) is 0. The van der Waals surface area contributed by atoms with Gasteiger partial charge >= 0.3 is 0 Å². The van der Waals surface area contributed by atoms with Gasteiger partial charge in [0.15, 0.2) is 0 Å². The summed E-state index contributed by atoms with van der Waals surface area (Å²) in [6.07, 6.45) is 2.72. The fourth-order valence-electron chi connectivity index (χ4n) is 4.78. The molecule has 2 aliphatic rings. The van der Waals surface area contributed by atoms with Crippen molar-refractivity contribution >= 4 is 46.6 Å². The van der Waals surface area contributed by atoms with Gasteiger partial charge in [0.2, 0.25) is 17.7 Å². The molecule has 2 aromatic heterocycles. The minimum atomic E-state index is -0.957. The molecule has 0 unspecified atom stereocenters. The van der Waals surface area contributed by atoms with Crippen molar-refractivity contribution in [3.05, 3.63) is 69.1 Å². The normalized spacial score (nSPS) is 20.9. The summed E-state index contributed by atoms with van der Waals surface area (Å²) in [6, 6.07) is 10.9. The van der Waals surface area contributed by atoms with Crippen LogP contribution in [0.3, 0.4) is 0 Å². The number of hydrogen-bond donors (Lipinski definition) is 2. The molecule has 204 valence electrons. The molecule has 0 saturated carbocycles. The van der Waals surface area contributed by atoms with Crippen molar-refractivity contribution in [2.75, 3.05) is 19.6 Å². The number of aryl methyl sites for hydroxylation is 1. The van der Waals surface area contributed by atoms with Gasteiger partial charge < -0.3 is 20.4 Å². The number of halogens is 1. The van der Waals surface area contributed by atoms with Gasteiger partial charge in [-0.05, 0) is 24.1 Å². The Morgan fingerprint density at radius 2 is 1.90 bits per heavy atom. The Morgan fingerprint density at radius 3 is 2.67 bits per heavy atom. The molecule has 4 heterocycles. The van der Waals surface area contributed by atoms with Crippen LogP contribution in [0.25, 0.3) is 0 Å². The summed E-state index contributed by atoms with van der Waals surface area (Å²) in [5.74, 6) is -1.29. The molecule has 5 rings (SSSR count). The number of rotatable bonds is 3. The second kappa shape index (κ2) is 12.0. The van der Waals surface area contributed by atoms with Crippen LogP contribution in [-0.2, 0) is 33.9 Å². The topological polar surface area (TPSA) is 130 Å². The summed E-state index contributed by atoms with van der Waals surface area (Å²) < 4.78 is 2.12. The first-order valence-corrected chi connectivity index (χ1v) is 13.9. The van der Waals surface area contributed by atoms with Crippen molar-refractivity contribution in [3.63, 3.8) is 0 Å². The molecule has 11 nitrogen and oxygen atoms in total. The fraction of sp³-hybridized carbons (Fsp3) is 0.385. The molecular weight excluding hydrogens is 542 g/mol. The molecule has 4 amide bonds. The van der Waals surface area contributed by atoms with Crippen LogP contribution in [0.1, 0.15) is 33.8 Å². The van der Waals surface area contributed by atoms with Crippen LogP contribution in [0.15, 0.2) is 48.7 Å². The number of benzene rings is 1. The molecule has 0 spiro atoms. The maximum absolute atomic E-state index is 13.9. The smallest absolute Gasteiger partial charge is 0.264 e. The fourth-order valence-corrected chi connectivity index (χ4v) is 5.79. The van der Waals surface area contributed by atoms with E-state index in [1.807, 2.05) is 30.3 Å². The Balaban J connectivity index is 1.43. The van der Waals surface area contributed by atoms with E-state index >= 15 is 0 Å². The van der Waals surface area contributed by atoms with Gasteiger partial charge in [-0.2, -0.15) is 0 Å². The molecule has 2 aliphatic heterocycles. The minimum Gasteiger partial charge on any atom is -0.348 e. The van der Waals surface area contributed by atoms with Gasteiger partial charge in [-0.1, -0.05) is 47.1 Å². The third-order valence-electron chi connectivity index (χ3n) is 6.77. The molecule has 2 N–H and O–H groups in total. The van der Waals surface area contributed by atoms with Crippen molar-refractivity contribution in [1.29, 1.82) is 0 Å². The quantitative estimate of drug-likeness (QED) is 0.491. The van der Waals surface area contributed by atoms with Crippen LogP contribution in [0.5, 0.6) is 0 Å². The van der Waals surface area contributed by atoms with E-state index in [1.165, 1.54) is 16.2 Å². The van der Waals surface area contributed by atoms with E-state index in [9.17, 15) is 19.2 Å².